The minimum Gasteiger partial charge on any atom is -0.481 e. The van der Waals surface area contributed by atoms with Gasteiger partial charge in [-0.1, -0.05) is 0 Å². The smallest absolute Gasteiger partial charge is 0.461 e. The molecule has 0 saturated heterocycles. The quantitative estimate of drug-likeness (QED) is 0.308. The maximum absolute atomic E-state index is 13.4. The molecule has 0 heterocycles. The Morgan fingerprint density at radius 1 is 1.19 bits per heavy atom. The van der Waals surface area contributed by atoms with Crippen molar-refractivity contribution < 1.29 is 49.8 Å². The molecule has 0 aliphatic carbocycles. The molecule has 0 radical (unpaired) electrons. The molecule has 1 aromatic rings. The Bertz CT molecular complexity index is 753. The summed E-state index contributed by atoms with van der Waals surface area (Å²) in [6.45, 7) is 0. The number of benzene rings is 1. The van der Waals surface area contributed by atoms with Crippen LogP contribution in [0.5, 0.6) is 0 Å². The average molecular weight is 429 g/mol. The van der Waals surface area contributed by atoms with Crippen molar-refractivity contribution in [1.82, 2.24) is 0 Å². The molecule has 1 atom stereocenters. The van der Waals surface area contributed by atoms with Crippen LogP contribution in [0.3, 0.4) is 0 Å². The second-order valence-corrected chi connectivity index (χ2v) is 6.97. The van der Waals surface area contributed by atoms with Crippen LogP contribution in [0.4, 0.5) is 36.4 Å². The topological polar surface area (TPSA) is 97.5 Å². The van der Waals surface area contributed by atoms with Crippen molar-refractivity contribution in [3.63, 3.8) is 0 Å². The molecule has 1 aromatic carbocycles. The van der Waals surface area contributed by atoms with Gasteiger partial charge in [-0.15, -0.1) is 11.8 Å². The molecule has 0 amide bonds. The van der Waals surface area contributed by atoms with Crippen molar-refractivity contribution >= 4 is 34.2 Å². The molecule has 0 saturated carbocycles. The van der Waals surface area contributed by atoms with Crippen LogP contribution < -0.4 is 0 Å². The van der Waals surface area contributed by atoms with Gasteiger partial charge in [-0.25, -0.2) is 4.21 Å². The predicted molar refractivity (Wildman–Crippen MR) is 73.8 cm³/mol. The second-order valence-electron chi connectivity index (χ2n) is 4.43. The first-order valence-corrected chi connectivity index (χ1v) is 8.13. The fourth-order valence-electron chi connectivity index (χ4n) is 1.45. The van der Waals surface area contributed by atoms with Gasteiger partial charge in [0, 0.05) is 6.07 Å². The summed E-state index contributed by atoms with van der Waals surface area (Å²) in [5.74, 6) is -8.74. The minimum atomic E-state index is -6.71. The zero-order chi connectivity index (χ0) is 20.5. The molecular weight excluding hydrogens is 423 g/mol. The van der Waals surface area contributed by atoms with Crippen LogP contribution in [-0.4, -0.2) is 43.3 Å². The van der Waals surface area contributed by atoms with Gasteiger partial charge in [0.25, 0.3) is 5.69 Å². The number of nitrogens with zero attached hydrogens (tertiary/aromatic N) is 1. The molecule has 6 nitrogen and oxygen atoms in total. The van der Waals surface area contributed by atoms with Crippen LogP contribution in [-0.2, 0) is 15.6 Å². The van der Waals surface area contributed by atoms with E-state index in [1.165, 1.54) is 0 Å². The number of hydrogen-bond donors (Lipinski definition) is 1. The summed E-state index contributed by atoms with van der Waals surface area (Å²) in [4.78, 5) is 18.3. The largest absolute Gasteiger partial charge is 0.481 e. The number of aliphatic carboxylic acids is 1. The Morgan fingerprint density at radius 2 is 1.73 bits per heavy atom. The highest BCUT2D eigenvalue weighted by Gasteiger charge is 2.76. The zero-order valence-electron chi connectivity index (χ0n) is 11.9. The van der Waals surface area contributed by atoms with Crippen LogP contribution in [0, 0.1) is 10.1 Å². The van der Waals surface area contributed by atoms with Gasteiger partial charge in [0.05, 0.1) is 20.5 Å². The van der Waals surface area contributed by atoms with Crippen molar-refractivity contribution in [2.24, 2.45) is 0 Å². The number of alkyl halides is 7. The van der Waals surface area contributed by atoms with Gasteiger partial charge in [0.1, 0.15) is 10.8 Å². The summed E-state index contributed by atoms with van der Waals surface area (Å²) < 4.78 is 101. The Kier molecular flexibility index (Phi) is 6.28. The van der Waals surface area contributed by atoms with Gasteiger partial charge < -0.3 is 5.11 Å². The molecule has 26 heavy (non-hydrogen) atoms. The number of carboxylic acid groups (broad SMARTS) is 1. The third-order valence-electron chi connectivity index (χ3n) is 2.65. The maximum Gasteiger partial charge on any atom is 0.461 e. The normalized spacial score (nSPS) is 14.1. The zero-order valence-corrected chi connectivity index (χ0v) is 13.6. The lowest BCUT2D eigenvalue weighted by molar-refractivity contribution is -0.388. The Balaban J connectivity index is 3.35. The number of carbonyl (C=O) groups is 1. The van der Waals surface area contributed by atoms with Crippen molar-refractivity contribution in [3.8, 4) is 0 Å². The lowest BCUT2D eigenvalue weighted by Crippen LogP contribution is -2.54. The van der Waals surface area contributed by atoms with Crippen LogP contribution in [0.15, 0.2) is 28.0 Å². The molecular formula is C11H6F7NO5S2. The van der Waals surface area contributed by atoms with E-state index in [4.69, 9.17) is 5.11 Å². The summed E-state index contributed by atoms with van der Waals surface area (Å²) in [5, 5.41) is 13.3. The van der Waals surface area contributed by atoms with Crippen molar-refractivity contribution in [3.05, 3.63) is 28.3 Å². The van der Waals surface area contributed by atoms with E-state index in [0.29, 0.717) is 23.9 Å². The summed E-state index contributed by atoms with van der Waals surface area (Å²) >= 11 is 0.365. The molecule has 0 bridgehead atoms. The maximum atomic E-state index is 13.4. The summed E-state index contributed by atoms with van der Waals surface area (Å²) in [5.41, 5.74) is -1.08. The van der Waals surface area contributed by atoms with Gasteiger partial charge in [-0.05, 0) is 12.1 Å². The molecule has 0 fully saturated rings. The van der Waals surface area contributed by atoms with Gasteiger partial charge in [0.15, 0.2) is 0 Å². The molecule has 0 aliphatic heterocycles. The van der Waals surface area contributed by atoms with E-state index in [9.17, 15) is 49.9 Å². The Morgan fingerprint density at radius 3 is 2.15 bits per heavy atom. The number of rotatable bonds is 7. The molecule has 15 heteroatoms. The van der Waals surface area contributed by atoms with Crippen LogP contribution >= 0.6 is 11.8 Å². The van der Waals surface area contributed by atoms with E-state index in [2.05, 4.69) is 0 Å². The number of hydrogen-bond acceptors (Lipinski definition) is 5. The third kappa shape index (κ3) is 4.25. The van der Waals surface area contributed by atoms with Gasteiger partial charge >= 0.3 is 23.3 Å². The van der Waals surface area contributed by atoms with E-state index in [-0.39, 0.29) is 6.07 Å². The molecule has 0 unspecified atom stereocenters. The molecule has 146 valence electrons. The highest BCUT2D eigenvalue weighted by atomic mass is 32.2. The first-order valence-electron chi connectivity index (χ1n) is 6.00. The highest BCUT2D eigenvalue weighted by Crippen LogP contribution is 2.49. The second kappa shape index (κ2) is 7.38. The first-order chi connectivity index (χ1) is 11.6. The van der Waals surface area contributed by atoms with Crippen LogP contribution in [0.2, 0.25) is 0 Å². The number of thioether (sulfide) groups is 1. The van der Waals surface area contributed by atoms with Gasteiger partial charge in [-0.2, -0.15) is 30.7 Å². The lowest BCUT2D eigenvalue weighted by atomic mass is 10.3. The summed E-state index contributed by atoms with van der Waals surface area (Å²) in [7, 11) is -4.29. The van der Waals surface area contributed by atoms with E-state index in [0.717, 1.165) is 0 Å². The van der Waals surface area contributed by atoms with E-state index in [1.807, 2.05) is 0 Å². The molecule has 0 spiro atoms. The molecule has 1 N–H and O–H groups in total. The summed E-state index contributed by atoms with van der Waals surface area (Å²) in [6, 6.07) is 1.16. The van der Waals surface area contributed by atoms with Gasteiger partial charge in [0.2, 0.25) is 0 Å². The van der Waals surface area contributed by atoms with Gasteiger partial charge in [-0.3, -0.25) is 14.9 Å². The standard InChI is InChI=1S/C11H6F7NO5S2/c12-9(13,10(14,15)16)11(17,18)26(24)5-1-2-7(25-4-8(20)21)6(3-5)19(22)23/h1-3H,4H2,(H,20,21)/t26-/m1/s1. The van der Waals surface area contributed by atoms with Crippen LogP contribution in [0.1, 0.15) is 0 Å². The monoisotopic (exact) mass is 429 g/mol. The van der Waals surface area contributed by atoms with E-state index in [1.54, 1.807) is 0 Å². The van der Waals surface area contributed by atoms with Crippen LogP contribution in [0.25, 0.3) is 0 Å². The number of carboxylic acids is 1. The number of halogens is 7. The number of nitro benzene ring substituents is 1. The SMILES string of the molecule is O=C(O)CSc1ccc([S@@](=O)C(F)(F)C(F)(F)C(F)(F)F)cc1[N+](=O)[O-]. The summed E-state index contributed by atoms with van der Waals surface area (Å²) in [6.07, 6.45) is -6.71. The molecule has 0 aromatic heterocycles. The predicted octanol–water partition coefficient (Wildman–Crippen LogP) is 3.67. The highest BCUT2D eigenvalue weighted by molar-refractivity contribution is 8.00. The van der Waals surface area contributed by atoms with Crippen molar-refractivity contribution in [1.29, 1.82) is 0 Å². The Labute approximate surface area is 146 Å². The van der Waals surface area contributed by atoms with Crippen molar-refractivity contribution in [2.75, 3.05) is 5.75 Å². The third-order valence-corrected chi connectivity index (χ3v) is 5.10. The lowest BCUT2D eigenvalue weighted by Gasteiger charge is -2.27. The van der Waals surface area contributed by atoms with E-state index >= 15 is 0 Å². The first kappa shape index (κ1) is 22.1. The minimum absolute atomic E-state index is 0.126. The average Bonchev–Trinajstić information content (AvgIpc) is 2.50. The fraction of sp³-hybridized carbons (Fsp3) is 0.364. The number of nitro groups is 1. The van der Waals surface area contributed by atoms with E-state index < -0.39 is 60.3 Å². The Hall–Kier alpha value is -1.90. The molecule has 0 aliphatic rings. The fourth-order valence-corrected chi connectivity index (χ4v) is 3.23. The van der Waals surface area contributed by atoms with Crippen molar-refractivity contribution in [2.45, 2.75) is 27.1 Å². The molecule has 1 rings (SSSR count).